The number of rotatable bonds is 6. The van der Waals surface area contributed by atoms with Gasteiger partial charge in [-0.25, -0.2) is 0 Å². The minimum absolute atomic E-state index is 0.252. The largest absolute Gasteiger partial charge is 0.375 e. The predicted octanol–water partition coefficient (Wildman–Crippen LogP) is 5.13. The van der Waals surface area contributed by atoms with Crippen molar-refractivity contribution in [1.82, 2.24) is 0 Å². The van der Waals surface area contributed by atoms with Crippen molar-refractivity contribution in [2.75, 3.05) is 4.90 Å². The van der Waals surface area contributed by atoms with E-state index in [2.05, 4.69) is 13.8 Å². The molecule has 4 nitrogen and oxygen atoms in total. The van der Waals surface area contributed by atoms with Gasteiger partial charge in [-0.05, 0) is 30.0 Å². The lowest BCUT2D eigenvalue weighted by Gasteiger charge is -2.23. The van der Waals surface area contributed by atoms with E-state index < -0.39 is 11.5 Å². The van der Waals surface area contributed by atoms with Crippen LogP contribution in [0, 0.1) is 6.92 Å². The maximum atomic E-state index is 13.4. The Morgan fingerprint density at radius 2 is 1.71 bits per heavy atom. The molecule has 158 valence electrons. The molecule has 0 bridgehead atoms. The van der Waals surface area contributed by atoms with E-state index in [4.69, 9.17) is 0 Å². The molecule has 3 aromatic rings. The zero-order chi connectivity index (χ0) is 22.2. The fourth-order valence-electron chi connectivity index (χ4n) is 4.22. The third-order valence-electron chi connectivity index (χ3n) is 5.98. The summed E-state index contributed by atoms with van der Waals surface area (Å²) in [6, 6.07) is 22.5. The molecule has 0 aliphatic carbocycles. The summed E-state index contributed by atoms with van der Waals surface area (Å²) < 4.78 is 0. The standard InChI is InChI=1S/C27H27NO3/c1-18(2)21-11-13-22(14-12-21)25(29)16-27(31)23-9-4-5-10-24(23)28(26(27)30)17-20-8-6-7-19(3)15-20/h4-15,18,31H,16-17H2,1-3H3. The van der Waals surface area contributed by atoms with E-state index in [9.17, 15) is 14.7 Å². The zero-order valence-electron chi connectivity index (χ0n) is 18.1. The lowest BCUT2D eigenvalue weighted by Crippen LogP contribution is -2.41. The van der Waals surface area contributed by atoms with E-state index >= 15 is 0 Å². The Morgan fingerprint density at radius 1 is 1.00 bits per heavy atom. The minimum Gasteiger partial charge on any atom is -0.375 e. The van der Waals surface area contributed by atoms with Crippen molar-refractivity contribution < 1.29 is 14.7 Å². The molecule has 31 heavy (non-hydrogen) atoms. The minimum atomic E-state index is -1.87. The molecule has 1 amide bonds. The molecule has 1 N–H and O–H groups in total. The monoisotopic (exact) mass is 413 g/mol. The Kier molecular flexibility index (Phi) is 5.50. The number of hydrogen-bond acceptors (Lipinski definition) is 3. The average Bonchev–Trinajstić information content (AvgIpc) is 2.96. The van der Waals surface area contributed by atoms with Gasteiger partial charge in [0.25, 0.3) is 5.91 Å². The van der Waals surface area contributed by atoms with E-state index in [0.29, 0.717) is 29.3 Å². The van der Waals surface area contributed by atoms with Crippen LogP contribution in [-0.2, 0) is 16.9 Å². The van der Waals surface area contributed by atoms with Crippen molar-refractivity contribution in [2.45, 2.75) is 45.3 Å². The Bertz CT molecular complexity index is 1130. The van der Waals surface area contributed by atoms with Gasteiger partial charge in [-0.15, -0.1) is 0 Å². The number of carbonyl (C=O) groups is 2. The summed E-state index contributed by atoms with van der Waals surface area (Å²) in [7, 11) is 0. The lowest BCUT2D eigenvalue weighted by molar-refractivity contribution is -0.136. The van der Waals surface area contributed by atoms with Gasteiger partial charge in [0.2, 0.25) is 0 Å². The van der Waals surface area contributed by atoms with Crippen LogP contribution in [0.2, 0.25) is 0 Å². The number of nitrogens with zero attached hydrogens (tertiary/aromatic N) is 1. The molecule has 0 aromatic heterocycles. The molecule has 1 aliphatic heterocycles. The number of benzene rings is 3. The quantitative estimate of drug-likeness (QED) is 0.570. The van der Waals surface area contributed by atoms with Crippen LogP contribution in [0.25, 0.3) is 0 Å². The number of carbonyl (C=O) groups excluding carboxylic acids is 2. The first kappa shape index (κ1) is 21.0. The van der Waals surface area contributed by atoms with Gasteiger partial charge in [-0.3, -0.25) is 9.59 Å². The molecule has 0 fully saturated rings. The van der Waals surface area contributed by atoms with E-state index in [-0.39, 0.29) is 12.2 Å². The molecule has 0 radical (unpaired) electrons. The van der Waals surface area contributed by atoms with Crippen LogP contribution in [0.5, 0.6) is 0 Å². The summed E-state index contributed by atoms with van der Waals surface area (Å²) in [6.45, 7) is 6.53. The van der Waals surface area contributed by atoms with Crippen LogP contribution < -0.4 is 4.90 Å². The topological polar surface area (TPSA) is 57.6 Å². The molecule has 0 saturated carbocycles. The van der Waals surface area contributed by atoms with Crippen LogP contribution >= 0.6 is 0 Å². The second kappa shape index (κ2) is 8.12. The van der Waals surface area contributed by atoms with Crippen molar-refractivity contribution in [3.8, 4) is 0 Å². The predicted molar refractivity (Wildman–Crippen MR) is 122 cm³/mol. The molecular formula is C27H27NO3. The highest BCUT2D eigenvalue weighted by atomic mass is 16.3. The Balaban J connectivity index is 1.64. The highest BCUT2D eigenvalue weighted by molar-refractivity contribution is 6.10. The molecule has 3 aromatic carbocycles. The maximum Gasteiger partial charge on any atom is 0.264 e. The molecule has 1 atom stereocenters. The van der Waals surface area contributed by atoms with Crippen molar-refractivity contribution in [2.24, 2.45) is 0 Å². The summed E-state index contributed by atoms with van der Waals surface area (Å²) in [4.78, 5) is 28.0. The summed E-state index contributed by atoms with van der Waals surface area (Å²) in [6.07, 6.45) is -0.284. The maximum absolute atomic E-state index is 13.4. The number of aryl methyl sites for hydroxylation is 1. The van der Waals surface area contributed by atoms with Crippen molar-refractivity contribution in [1.29, 1.82) is 0 Å². The summed E-state index contributed by atoms with van der Waals surface area (Å²) in [5.74, 6) is -0.340. The molecule has 1 aliphatic rings. The van der Waals surface area contributed by atoms with Crippen LogP contribution in [0.4, 0.5) is 5.69 Å². The van der Waals surface area contributed by atoms with Crippen molar-refractivity contribution >= 4 is 17.4 Å². The SMILES string of the molecule is Cc1cccc(CN2C(=O)C(O)(CC(=O)c3ccc(C(C)C)cc3)c3ccccc32)c1. The molecular weight excluding hydrogens is 386 g/mol. The third kappa shape index (κ3) is 3.91. The number of Topliss-reactive ketones (excluding diaryl/α,β-unsaturated/α-hetero) is 1. The Labute approximate surface area is 183 Å². The van der Waals surface area contributed by atoms with E-state index in [1.807, 2.05) is 55.5 Å². The molecule has 1 unspecified atom stereocenters. The Hall–Kier alpha value is -3.24. The average molecular weight is 414 g/mol. The van der Waals surface area contributed by atoms with E-state index in [0.717, 1.165) is 16.7 Å². The zero-order valence-corrected chi connectivity index (χ0v) is 18.1. The van der Waals surface area contributed by atoms with Gasteiger partial charge in [0.05, 0.1) is 18.7 Å². The van der Waals surface area contributed by atoms with Crippen molar-refractivity contribution in [3.63, 3.8) is 0 Å². The number of aliphatic hydroxyl groups is 1. The van der Waals surface area contributed by atoms with E-state index in [1.54, 1.807) is 29.2 Å². The highest BCUT2D eigenvalue weighted by Crippen LogP contribution is 2.43. The number of anilines is 1. The highest BCUT2D eigenvalue weighted by Gasteiger charge is 2.50. The molecule has 0 spiro atoms. The first-order chi connectivity index (χ1) is 14.8. The number of ketones is 1. The second-order valence-corrected chi connectivity index (χ2v) is 8.63. The first-order valence-corrected chi connectivity index (χ1v) is 10.6. The molecule has 4 rings (SSSR count). The van der Waals surface area contributed by atoms with Crippen molar-refractivity contribution in [3.05, 3.63) is 101 Å². The lowest BCUT2D eigenvalue weighted by atomic mass is 9.87. The third-order valence-corrected chi connectivity index (χ3v) is 5.98. The van der Waals surface area contributed by atoms with Gasteiger partial charge in [0, 0.05) is 11.1 Å². The number of fused-ring (bicyclic) bond motifs is 1. The molecule has 4 heteroatoms. The van der Waals surface area contributed by atoms with Gasteiger partial charge in [0.1, 0.15) is 0 Å². The fourth-order valence-corrected chi connectivity index (χ4v) is 4.22. The van der Waals surface area contributed by atoms with Gasteiger partial charge >= 0.3 is 0 Å². The number of para-hydroxylation sites is 1. The van der Waals surface area contributed by atoms with Crippen LogP contribution in [0.3, 0.4) is 0 Å². The van der Waals surface area contributed by atoms with Crippen LogP contribution in [-0.4, -0.2) is 16.8 Å². The summed E-state index contributed by atoms with van der Waals surface area (Å²) in [5, 5.41) is 11.5. The number of hydrogen-bond donors (Lipinski definition) is 1. The second-order valence-electron chi connectivity index (χ2n) is 8.63. The molecule has 0 saturated heterocycles. The smallest absolute Gasteiger partial charge is 0.264 e. The van der Waals surface area contributed by atoms with Gasteiger partial charge in [0.15, 0.2) is 11.4 Å². The van der Waals surface area contributed by atoms with Crippen LogP contribution in [0.1, 0.15) is 58.8 Å². The van der Waals surface area contributed by atoms with Gasteiger partial charge in [-0.2, -0.15) is 0 Å². The molecule has 1 heterocycles. The van der Waals surface area contributed by atoms with Gasteiger partial charge < -0.3 is 10.0 Å². The van der Waals surface area contributed by atoms with Gasteiger partial charge in [-0.1, -0.05) is 86.1 Å². The number of amides is 1. The van der Waals surface area contributed by atoms with Crippen LogP contribution in [0.15, 0.2) is 72.8 Å². The fraction of sp³-hybridized carbons (Fsp3) is 0.259. The summed E-state index contributed by atoms with van der Waals surface area (Å²) >= 11 is 0. The Morgan fingerprint density at radius 3 is 2.39 bits per heavy atom. The summed E-state index contributed by atoms with van der Waals surface area (Å²) in [5.41, 5.74) is 2.99. The van der Waals surface area contributed by atoms with E-state index in [1.165, 1.54) is 0 Å². The normalized spacial score (nSPS) is 17.8. The first-order valence-electron chi connectivity index (χ1n) is 10.6.